The molecule has 0 saturated carbocycles. The van der Waals surface area contributed by atoms with E-state index in [0.29, 0.717) is 0 Å². The molecule has 0 fully saturated rings. The molecule has 0 spiro atoms. The third kappa shape index (κ3) is 2.84. The standard InChI is InChI=1S/C13H15Br2N3/c1-3-16-12(13-17-6-7-18(13)2)10-5-4-9(14)8-11(10)15/h4-8,12,16H,3H2,1-2H3. The summed E-state index contributed by atoms with van der Waals surface area (Å²) in [6, 6.07) is 6.31. The van der Waals surface area contributed by atoms with Gasteiger partial charge in [0.05, 0.1) is 6.04 Å². The van der Waals surface area contributed by atoms with E-state index in [1.807, 2.05) is 30.1 Å². The summed E-state index contributed by atoms with van der Waals surface area (Å²) in [6.07, 6.45) is 3.79. The minimum Gasteiger partial charge on any atom is -0.336 e. The van der Waals surface area contributed by atoms with Crippen LogP contribution >= 0.6 is 31.9 Å². The monoisotopic (exact) mass is 371 g/mol. The van der Waals surface area contributed by atoms with E-state index < -0.39 is 0 Å². The van der Waals surface area contributed by atoms with Crippen molar-refractivity contribution in [3.8, 4) is 0 Å². The first-order chi connectivity index (χ1) is 8.63. The lowest BCUT2D eigenvalue weighted by Gasteiger charge is -2.19. The maximum Gasteiger partial charge on any atom is 0.130 e. The second-order valence-corrected chi connectivity index (χ2v) is 5.82. The SMILES string of the molecule is CCNC(c1ccc(Br)cc1Br)c1nccn1C. The third-order valence-corrected chi connectivity index (χ3v) is 3.98. The van der Waals surface area contributed by atoms with Gasteiger partial charge in [-0.05, 0) is 24.2 Å². The van der Waals surface area contributed by atoms with E-state index >= 15 is 0 Å². The van der Waals surface area contributed by atoms with Crippen molar-refractivity contribution < 1.29 is 0 Å². The third-order valence-electron chi connectivity index (χ3n) is 2.80. The summed E-state index contributed by atoms with van der Waals surface area (Å²) < 4.78 is 4.18. The summed E-state index contributed by atoms with van der Waals surface area (Å²) in [4.78, 5) is 4.44. The van der Waals surface area contributed by atoms with Gasteiger partial charge >= 0.3 is 0 Å². The molecule has 0 aliphatic carbocycles. The normalized spacial score (nSPS) is 12.7. The summed E-state index contributed by atoms with van der Waals surface area (Å²) in [5.41, 5.74) is 1.19. The fourth-order valence-corrected chi connectivity index (χ4v) is 3.21. The zero-order valence-corrected chi connectivity index (χ0v) is 13.5. The molecule has 2 rings (SSSR count). The second-order valence-electron chi connectivity index (χ2n) is 4.05. The van der Waals surface area contributed by atoms with Gasteiger partial charge in [-0.3, -0.25) is 0 Å². The molecule has 1 atom stereocenters. The molecule has 1 aromatic heterocycles. The van der Waals surface area contributed by atoms with Crippen molar-refractivity contribution in [1.82, 2.24) is 14.9 Å². The van der Waals surface area contributed by atoms with Gasteiger partial charge in [-0.25, -0.2) is 4.98 Å². The maximum absolute atomic E-state index is 4.44. The van der Waals surface area contributed by atoms with Gasteiger partial charge in [0.15, 0.2) is 0 Å². The molecule has 0 aliphatic heterocycles. The molecule has 1 unspecified atom stereocenters. The number of imidazole rings is 1. The highest BCUT2D eigenvalue weighted by atomic mass is 79.9. The van der Waals surface area contributed by atoms with Gasteiger partial charge in [0.25, 0.3) is 0 Å². The van der Waals surface area contributed by atoms with Crippen LogP contribution in [-0.4, -0.2) is 16.1 Å². The predicted molar refractivity (Wildman–Crippen MR) is 80.6 cm³/mol. The van der Waals surface area contributed by atoms with Gasteiger partial charge in [0.2, 0.25) is 0 Å². The van der Waals surface area contributed by atoms with Gasteiger partial charge in [-0.2, -0.15) is 0 Å². The van der Waals surface area contributed by atoms with Crippen molar-refractivity contribution in [1.29, 1.82) is 0 Å². The Morgan fingerprint density at radius 2 is 2.17 bits per heavy atom. The molecule has 18 heavy (non-hydrogen) atoms. The highest BCUT2D eigenvalue weighted by Gasteiger charge is 2.19. The van der Waals surface area contributed by atoms with E-state index in [9.17, 15) is 0 Å². The largest absolute Gasteiger partial charge is 0.336 e. The minimum absolute atomic E-state index is 0.0949. The van der Waals surface area contributed by atoms with Crippen LogP contribution in [0.5, 0.6) is 0 Å². The van der Waals surface area contributed by atoms with Crippen LogP contribution in [0.15, 0.2) is 39.5 Å². The molecule has 3 nitrogen and oxygen atoms in total. The molecule has 2 aromatic rings. The lowest BCUT2D eigenvalue weighted by Crippen LogP contribution is -2.25. The number of hydrogen-bond donors (Lipinski definition) is 1. The number of aryl methyl sites for hydroxylation is 1. The molecule has 0 saturated heterocycles. The van der Waals surface area contributed by atoms with Crippen LogP contribution in [0.1, 0.15) is 24.4 Å². The van der Waals surface area contributed by atoms with E-state index in [0.717, 1.165) is 21.3 Å². The van der Waals surface area contributed by atoms with Crippen molar-refractivity contribution in [2.75, 3.05) is 6.54 Å². The molecule has 0 radical (unpaired) electrons. The highest BCUT2D eigenvalue weighted by molar-refractivity contribution is 9.11. The summed E-state index contributed by atoms with van der Waals surface area (Å²) in [5, 5.41) is 3.47. The molecule has 96 valence electrons. The summed E-state index contributed by atoms with van der Waals surface area (Å²) in [6.45, 7) is 2.99. The van der Waals surface area contributed by atoms with E-state index in [-0.39, 0.29) is 6.04 Å². The number of hydrogen-bond acceptors (Lipinski definition) is 2. The molecule has 0 aliphatic rings. The van der Waals surface area contributed by atoms with Crippen molar-refractivity contribution in [2.24, 2.45) is 7.05 Å². The van der Waals surface area contributed by atoms with E-state index in [1.165, 1.54) is 5.56 Å². The number of rotatable bonds is 4. The fourth-order valence-electron chi connectivity index (χ4n) is 1.94. The first-order valence-corrected chi connectivity index (χ1v) is 7.37. The molecular formula is C13H15Br2N3. The molecule has 0 amide bonds. The second kappa shape index (κ2) is 5.99. The molecule has 1 N–H and O–H groups in total. The van der Waals surface area contributed by atoms with E-state index in [1.54, 1.807) is 0 Å². The summed E-state index contributed by atoms with van der Waals surface area (Å²) >= 11 is 7.10. The van der Waals surface area contributed by atoms with Crippen LogP contribution in [0.25, 0.3) is 0 Å². The van der Waals surface area contributed by atoms with E-state index in [2.05, 4.69) is 61.2 Å². The first-order valence-electron chi connectivity index (χ1n) is 5.79. The van der Waals surface area contributed by atoms with Crippen molar-refractivity contribution in [3.63, 3.8) is 0 Å². The van der Waals surface area contributed by atoms with Gasteiger partial charge in [0, 0.05) is 28.4 Å². The van der Waals surface area contributed by atoms with Crippen LogP contribution in [0.4, 0.5) is 0 Å². The van der Waals surface area contributed by atoms with Gasteiger partial charge in [-0.15, -0.1) is 0 Å². The average molecular weight is 373 g/mol. The lowest BCUT2D eigenvalue weighted by molar-refractivity contribution is 0.575. The predicted octanol–water partition coefficient (Wildman–Crippen LogP) is 3.64. The minimum atomic E-state index is 0.0949. The van der Waals surface area contributed by atoms with Crippen LogP contribution in [0.3, 0.4) is 0 Å². The van der Waals surface area contributed by atoms with Gasteiger partial charge < -0.3 is 9.88 Å². The van der Waals surface area contributed by atoms with E-state index in [4.69, 9.17) is 0 Å². The summed E-state index contributed by atoms with van der Waals surface area (Å²) in [5.74, 6) is 1.01. The van der Waals surface area contributed by atoms with Crippen LogP contribution in [-0.2, 0) is 7.05 Å². The zero-order valence-electron chi connectivity index (χ0n) is 10.3. The lowest BCUT2D eigenvalue weighted by atomic mass is 10.1. The van der Waals surface area contributed by atoms with Crippen LogP contribution in [0.2, 0.25) is 0 Å². The maximum atomic E-state index is 4.44. The van der Waals surface area contributed by atoms with Crippen LogP contribution < -0.4 is 5.32 Å². The smallest absolute Gasteiger partial charge is 0.130 e. The Morgan fingerprint density at radius 3 is 2.72 bits per heavy atom. The van der Waals surface area contributed by atoms with Crippen molar-refractivity contribution >= 4 is 31.9 Å². The Morgan fingerprint density at radius 1 is 1.39 bits per heavy atom. The average Bonchev–Trinajstić information content (AvgIpc) is 2.73. The molecule has 0 bridgehead atoms. The number of nitrogens with zero attached hydrogens (tertiary/aromatic N) is 2. The van der Waals surface area contributed by atoms with Gasteiger partial charge in [-0.1, -0.05) is 44.8 Å². The van der Waals surface area contributed by atoms with Crippen molar-refractivity contribution in [3.05, 3.63) is 50.9 Å². The Hall–Kier alpha value is -0.650. The number of halogens is 2. The number of benzene rings is 1. The molecular weight excluding hydrogens is 358 g/mol. The molecule has 1 heterocycles. The number of nitrogens with one attached hydrogen (secondary N) is 1. The quantitative estimate of drug-likeness (QED) is 0.887. The summed E-state index contributed by atoms with van der Waals surface area (Å²) in [7, 11) is 2.01. The fraction of sp³-hybridized carbons (Fsp3) is 0.308. The molecule has 1 aromatic carbocycles. The topological polar surface area (TPSA) is 29.9 Å². The number of aromatic nitrogens is 2. The van der Waals surface area contributed by atoms with Crippen molar-refractivity contribution in [2.45, 2.75) is 13.0 Å². The van der Waals surface area contributed by atoms with Crippen LogP contribution in [0, 0.1) is 0 Å². The molecule has 5 heteroatoms. The van der Waals surface area contributed by atoms with Gasteiger partial charge in [0.1, 0.15) is 5.82 Å². The Bertz CT molecular complexity index is 537. The Kier molecular flexibility index (Phi) is 4.59. The first kappa shape index (κ1) is 13.8. The zero-order chi connectivity index (χ0) is 13.1. The Labute approximate surface area is 124 Å². The highest BCUT2D eigenvalue weighted by Crippen LogP contribution is 2.30. The Balaban J connectivity index is 2.45.